The molecule has 1 N–H and O–H groups in total. The molecule has 0 bridgehead atoms. The van der Waals surface area contributed by atoms with Crippen molar-refractivity contribution in [2.45, 2.75) is 24.9 Å². The SMILES string of the molecule is N#CC(c1cccs1)N1CCN(C(=O)CN(CCO)C2CC2)CC1. The summed E-state index contributed by atoms with van der Waals surface area (Å²) in [6, 6.07) is 6.62. The molecule has 0 spiro atoms. The van der Waals surface area contributed by atoms with Crippen LogP contribution in [0, 0.1) is 11.3 Å². The maximum atomic E-state index is 12.5. The van der Waals surface area contributed by atoms with Gasteiger partial charge < -0.3 is 10.0 Å². The van der Waals surface area contributed by atoms with Crippen molar-refractivity contribution in [3.63, 3.8) is 0 Å². The average Bonchev–Trinajstić information content (AvgIpc) is 3.32. The second kappa shape index (κ2) is 8.08. The number of hydrogen-bond donors (Lipinski definition) is 1. The summed E-state index contributed by atoms with van der Waals surface area (Å²) >= 11 is 1.61. The number of nitrogens with zero attached hydrogens (tertiary/aromatic N) is 4. The summed E-state index contributed by atoms with van der Waals surface area (Å²) in [7, 11) is 0. The Balaban J connectivity index is 1.51. The Bertz CT molecular complexity index is 574. The van der Waals surface area contributed by atoms with Crippen LogP contribution in [0.15, 0.2) is 17.5 Å². The quantitative estimate of drug-likeness (QED) is 0.793. The maximum Gasteiger partial charge on any atom is 0.236 e. The van der Waals surface area contributed by atoms with E-state index in [2.05, 4.69) is 15.9 Å². The lowest BCUT2D eigenvalue weighted by Gasteiger charge is -2.37. The lowest BCUT2D eigenvalue weighted by Crippen LogP contribution is -2.52. The minimum absolute atomic E-state index is 0.0994. The fourth-order valence-electron chi connectivity index (χ4n) is 3.23. The molecule has 24 heavy (non-hydrogen) atoms. The first-order valence-corrected chi connectivity index (χ1v) is 9.40. The van der Waals surface area contributed by atoms with Crippen LogP contribution in [0.5, 0.6) is 0 Å². The van der Waals surface area contributed by atoms with Crippen LogP contribution < -0.4 is 0 Å². The molecule has 2 aliphatic rings. The monoisotopic (exact) mass is 348 g/mol. The zero-order valence-corrected chi connectivity index (χ0v) is 14.6. The summed E-state index contributed by atoms with van der Waals surface area (Å²) in [6.45, 7) is 3.86. The summed E-state index contributed by atoms with van der Waals surface area (Å²) in [5.41, 5.74) is 0. The minimum Gasteiger partial charge on any atom is -0.395 e. The van der Waals surface area contributed by atoms with Crippen LogP contribution in [0.2, 0.25) is 0 Å². The van der Waals surface area contributed by atoms with Crippen molar-refractivity contribution >= 4 is 17.2 Å². The molecule has 1 atom stereocenters. The van der Waals surface area contributed by atoms with E-state index in [1.807, 2.05) is 22.4 Å². The summed E-state index contributed by atoms with van der Waals surface area (Å²) in [5, 5.41) is 20.6. The van der Waals surface area contributed by atoms with Crippen molar-refractivity contribution in [2.75, 3.05) is 45.9 Å². The predicted octanol–water partition coefficient (Wildman–Crippen LogP) is 0.914. The number of amides is 1. The first-order chi connectivity index (χ1) is 11.7. The molecule has 1 saturated carbocycles. The molecule has 0 aromatic carbocycles. The van der Waals surface area contributed by atoms with Crippen molar-refractivity contribution in [3.8, 4) is 6.07 Å². The van der Waals surface area contributed by atoms with E-state index in [9.17, 15) is 10.1 Å². The predicted molar refractivity (Wildman–Crippen MR) is 92.5 cm³/mol. The first kappa shape index (κ1) is 17.4. The summed E-state index contributed by atoms with van der Waals surface area (Å²) in [5.74, 6) is 0.139. The molecule has 1 saturated heterocycles. The Hall–Kier alpha value is -1.46. The third kappa shape index (κ3) is 4.14. The van der Waals surface area contributed by atoms with Gasteiger partial charge in [-0.2, -0.15) is 5.26 Å². The third-order valence-electron chi connectivity index (χ3n) is 4.76. The molecule has 7 heteroatoms. The number of rotatable bonds is 7. The molecule has 3 rings (SSSR count). The van der Waals surface area contributed by atoms with Gasteiger partial charge in [0.15, 0.2) is 0 Å². The van der Waals surface area contributed by atoms with E-state index in [1.54, 1.807) is 11.3 Å². The third-order valence-corrected chi connectivity index (χ3v) is 5.68. The molecule has 130 valence electrons. The van der Waals surface area contributed by atoms with E-state index in [1.165, 1.54) is 0 Å². The van der Waals surface area contributed by atoms with Gasteiger partial charge in [0.1, 0.15) is 6.04 Å². The van der Waals surface area contributed by atoms with Gasteiger partial charge in [-0.05, 0) is 24.3 Å². The van der Waals surface area contributed by atoms with Crippen molar-refractivity contribution < 1.29 is 9.90 Å². The Kier molecular flexibility index (Phi) is 5.85. The maximum absolute atomic E-state index is 12.5. The number of aliphatic hydroxyl groups excluding tert-OH is 1. The van der Waals surface area contributed by atoms with Crippen LogP contribution in [0.1, 0.15) is 23.8 Å². The lowest BCUT2D eigenvalue weighted by atomic mass is 10.2. The molecule has 1 aliphatic heterocycles. The largest absolute Gasteiger partial charge is 0.395 e. The van der Waals surface area contributed by atoms with Crippen molar-refractivity contribution in [1.82, 2.24) is 14.7 Å². The molecule has 1 aromatic heterocycles. The molecule has 1 unspecified atom stereocenters. The lowest BCUT2D eigenvalue weighted by molar-refractivity contribution is -0.134. The number of carbonyl (C=O) groups excluding carboxylic acids is 1. The van der Waals surface area contributed by atoms with Crippen LogP contribution >= 0.6 is 11.3 Å². The Morgan fingerprint density at radius 1 is 1.42 bits per heavy atom. The van der Waals surface area contributed by atoms with E-state index in [0.717, 1.165) is 30.8 Å². The van der Waals surface area contributed by atoms with Crippen LogP contribution in [-0.4, -0.2) is 77.6 Å². The van der Waals surface area contributed by atoms with Gasteiger partial charge in [-0.25, -0.2) is 0 Å². The molecule has 1 aliphatic carbocycles. The van der Waals surface area contributed by atoms with Gasteiger partial charge in [-0.1, -0.05) is 6.07 Å². The number of nitriles is 1. The minimum atomic E-state index is -0.209. The van der Waals surface area contributed by atoms with Gasteiger partial charge in [-0.15, -0.1) is 11.3 Å². The van der Waals surface area contributed by atoms with Crippen LogP contribution in [0.3, 0.4) is 0 Å². The number of aliphatic hydroxyl groups is 1. The first-order valence-electron chi connectivity index (χ1n) is 8.52. The highest BCUT2D eigenvalue weighted by molar-refractivity contribution is 7.10. The topological polar surface area (TPSA) is 70.8 Å². The van der Waals surface area contributed by atoms with Crippen LogP contribution in [0.25, 0.3) is 0 Å². The molecule has 2 heterocycles. The van der Waals surface area contributed by atoms with E-state index in [0.29, 0.717) is 32.2 Å². The number of piperazine rings is 1. The second-order valence-electron chi connectivity index (χ2n) is 6.39. The zero-order chi connectivity index (χ0) is 16.9. The Morgan fingerprint density at radius 2 is 2.17 bits per heavy atom. The number of thiophene rings is 1. The highest BCUT2D eigenvalue weighted by atomic mass is 32.1. The second-order valence-corrected chi connectivity index (χ2v) is 7.37. The van der Waals surface area contributed by atoms with Gasteiger partial charge in [0, 0.05) is 43.6 Å². The highest BCUT2D eigenvalue weighted by Gasteiger charge is 2.32. The van der Waals surface area contributed by atoms with Gasteiger partial charge in [-0.3, -0.25) is 14.6 Å². The summed E-state index contributed by atoms with van der Waals surface area (Å²) in [4.78, 5) is 19.7. The average molecular weight is 348 g/mol. The van der Waals surface area contributed by atoms with Crippen molar-refractivity contribution in [3.05, 3.63) is 22.4 Å². The van der Waals surface area contributed by atoms with Crippen LogP contribution in [0.4, 0.5) is 0 Å². The normalized spacial score (nSPS) is 20.1. The molecule has 1 amide bonds. The fourth-order valence-corrected chi connectivity index (χ4v) is 4.04. The standard InChI is InChI=1S/C17H24N4O2S/c18-12-15(16-2-1-11-24-16)19-5-7-20(8-6-19)17(23)13-21(9-10-22)14-3-4-14/h1-2,11,14-15,22H,3-10,13H2. The van der Waals surface area contributed by atoms with E-state index in [4.69, 9.17) is 5.11 Å². The molecular weight excluding hydrogens is 324 g/mol. The molecule has 6 nitrogen and oxygen atoms in total. The van der Waals surface area contributed by atoms with E-state index >= 15 is 0 Å². The molecule has 2 fully saturated rings. The van der Waals surface area contributed by atoms with E-state index < -0.39 is 0 Å². The number of carbonyl (C=O) groups is 1. The Labute approximate surface area is 146 Å². The number of hydrogen-bond acceptors (Lipinski definition) is 6. The van der Waals surface area contributed by atoms with E-state index in [-0.39, 0.29) is 18.6 Å². The Morgan fingerprint density at radius 3 is 2.71 bits per heavy atom. The molecule has 1 aromatic rings. The van der Waals surface area contributed by atoms with Gasteiger partial charge >= 0.3 is 0 Å². The fraction of sp³-hybridized carbons (Fsp3) is 0.647. The zero-order valence-electron chi connectivity index (χ0n) is 13.8. The summed E-state index contributed by atoms with van der Waals surface area (Å²) in [6.07, 6.45) is 2.26. The molecule has 0 radical (unpaired) electrons. The highest BCUT2D eigenvalue weighted by Crippen LogP contribution is 2.27. The van der Waals surface area contributed by atoms with Crippen molar-refractivity contribution in [2.24, 2.45) is 0 Å². The summed E-state index contributed by atoms with van der Waals surface area (Å²) < 4.78 is 0. The van der Waals surface area contributed by atoms with Crippen molar-refractivity contribution in [1.29, 1.82) is 5.26 Å². The molecular formula is C17H24N4O2S. The van der Waals surface area contributed by atoms with Gasteiger partial charge in [0.05, 0.1) is 19.2 Å². The van der Waals surface area contributed by atoms with Crippen LogP contribution in [-0.2, 0) is 4.79 Å². The van der Waals surface area contributed by atoms with Gasteiger partial charge in [0.25, 0.3) is 0 Å². The smallest absolute Gasteiger partial charge is 0.236 e. The van der Waals surface area contributed by atoms with Gasteiger partial charge in [0.2, 0.25) is 5.91 Å².